The van der Waals surface area contributed by atoms with E-state index in [1.54, 1.807) is 49.6 Å². The van der Waals surface area contributed by atoms with Crippen LogP contribution < -0.4 is 19.5 Å². The van der Waals surface area contributed by atoms with Crippen molar-refractivity contribution in [2.24, 2.45) is 0 Å². The average Bonchev–Trinajstić information content (AvgIpc) is 2.71. The molecule has 2 amide bonds. The Hall–Kier alpha value is -3.22. The molecule has 2 rings (SSSR count). The molecule has 0 saturated carbocycles. The first-order valence-electron chi connectivity index (χ1n) is 8.47. The zero-order chi connectivity index (χ0) is 19.8. The van der Waals surface area contributed by atoms with Crippen LogP contribution in [0.4, 0.5) is 5.69 Å². The van der Waals surface area contributed by atoms with Gasteiger partial charge in [-0.25, -0.2) is 0 Å². The van der Waals surface area contributed by atoms with Crippen LogP contribution in [0, 0.1) is 0 Å². The molecule has 1 N–H and O–H groups in total. The van der Waals surface area contributed by atoms with Crippen LogP contribution in [0.5, 0.6) is 17.2 Å². The third-order valence-corrected chi connectivity index (χ3v) is 3.96. The van der Waals surface area contributed by atoms with Crippen LogP contribution in [0.2, 0.25) is 0 Å². The highest BCUT2D eigenvalue weighted by molar-refractivity contribution is 5.99. The molecule has 0 aliphatic heterocycles. The summed E-state index contributed by atoms with van der Waals surface area (Å²) < 4.78 is 15.5. The van der Waals surface area contributed by atoms with E-state index < -0.39 is 0 Å². The number of methoxy groups -OCH3 is 3. The molecule has 0 atom stereocenters. The van der Waals surface area contributed by atoms with Crippen molar-refractivity contribution in [2.75, 3.05) is 39.7 Å². The standard InChI is InChI=1S/C20H24N2O5/c1-5-22(13-19(23)21-15-7-6-8-16(11-15)25-2)20(24)14-9-17(26-3)12-18(10-14)27-4/h6-12H,5,13H2,1-4H3,(H,21,23). The summed E-state index contributed by atoms with van der Waals surface area (Å²) in [5.41, 5.74) is 0.994. The van der Waals surface area contributed by atoms with E-state index in [4.69, 9.17) is 14.2 Å². The fraction of sp³-hybridized carbons (Fsp3) is 0.300. The van der Waals surface area contributed by atoms with E-state index in [0.717, 1.165) is 0 Å². The lowest BCUT2D eigenvalue weighted by Crippen LogP contribution is -2.37. The second-order valence-corrected chi connectivity index (χ2v) is 5.70. The first-order chi connectivity index (χ1) is 13.0. The van der Waals surface area contributed by atoms with Crippen molar-refractivity contribution in [3.05, 3.63) is 48.0 Å². The van der Waals surface area contributed by atoms with Gasteiger partial charge in [0, 0.05) is 29.9 Å². The minimum Gasteiger partial charge on any atom is -0.497 e. The lowest BCUT2D eigenvalue weighted by Gasteiger charge is -2.21. The van der Waals surface area contributed by atoms with Crippen molar-refractivity contribution in [1.82, 2.24) is 4.90 Å². The van der Waals surface area contributed by atoms with Crippen molar-refractivity contribution in [3.8, 4) is 17.2 Å². The van der Waals surface area contributed by atoms with Crippen LogP contribution in [-0.4, -0.2) is 51.1 Å². The SMILES string of the molecule is CCN(CC(=O)Nc1cccc(OC)c1)C(=O)c1cc(OC)cc(OC)c1. The molecule has 7 heteroatoms. The summed E-state index contributed by atoms with van der Waals surface area (Å²) in [6.45, 7) is 2.12. The number of carbonyl (C=O) groups excluding carboxylic acids is 2. The number of benzene rings is 2. The molecule has 144 valence electrons. The number of carbonyl (C=O) groups is 2. The first-order valence-corrected chi connectivity index (χ1v) is 8.47. The number of ether oxygens (including phenoxy) is 3. The lowest BCUT2D eigenvalue weighted by molar-refractivity contribution is -0.116. The Morgan fingerprint density at radius 3 is 2.11 bits per heavy atom. The van der Waals surface area contributed by atoms with Gasteiger partial charge in [0.05, 0.1) is 21.3 Å². The number of hydrogen-bond donors (Lipinski definition) is 1. The summed E-state index contributed by atoms with van der Waals surface area (Å²) in [6.07, 6.45) is 0. The summed E-state index contributed by atoms with van der Waals surface area (Å²) in [6, 6.07) is 11.9. The third kappa shape index (κ3) is 5.37. The van der Waals surface area contributed by atoms with Gasteiger partial charge in [-0.3, -0.25) is 9.59 Å². The van der Waals surface area contributed by atoms with Gasteiger partial charge >= 0.3 is 0 Å². The summed E-state index contributed by atoms with van der Waals surface area (Å²) in [7, 11) is 4.59. The Balaban J connectivity index is 2.11. The zero-order valence-corrected chi connectivity index (χ0v) is 15.9. The molecule has 7 nitrogen and oxygen atoms in total. The van der Waals surface area contributed by atoms with E-state index in [2.05, 4.69) is 5.32 Å². The van der Waals surface area contributed by atoms with Gasteiger partial charge in [0.1, 0.15) is 23.8 Å². The molecule has 2 aromatic rings. The topological polar surface area (TPSA) is 77.1 Å². The van der Waals surface area contributed by atoms with Gasteiger partial charge in [0.2, 0.25) is 5.91 Å². The van der Waals surface area contributed by atoms with Crippen LogP contribution >= 0.6 is 0 Å². The van der Waals surface area contributed by atoms with Crippen molar-refractivity contribution >= 4 is 17.5 Å². The second-order valence-electron chi connectivity index (χ2n) is 5.70. The highest BCUT2D eigenvalue weighted by atomic mass is 16.5. The Labute approximate surface area is 158 Å². The van der Waals surface area contributed by atoms with Crippen molar-refractivity contribution in [1.29, 1.82) is 0 Å². The molecular weight excluding hydrogens is 348 g/mol. The van der Waals surface area contributed by atoms with E-state index in [1.807, 2.05) is 6.92 Å². The van der Waals surface area contributed by atoms with Crippen LogP contribution in [-0.2, 0) is 4.79 Å². The summed E-state index contributed by atoms with van der Waals surface area (Å²) in [4.78, 5) is 26.6. The summed E-state index contributed by atoms with van der Waals surface area (Å²) in [5.74, 6) is 1.08. The zero-order valence-electron chi connectivity index (χ0n) is 15.9. The van der Waals surface area contributed by atoms with Gasteiger partial charge in [0.25, 0.3) is 5.91 Å². The smallest absolute Gasteiger partial charge is 0.254 e. The fourth-order valence-corrected chi connectivity index (χ4v) is 2.52. The van der Waals surface area contributed by atoms with Gasteiger partial charge in [0.15, 0.2) is 0 Å². The first kappa shape index (κ1) is 20.1. The van der Waals surface area contributed by atoms with E-state index in [9.17, 15) is 9.59 Å². The molecule has 0 spiro atoms. The molecule has 0 radical (unpaired) electrons. The normalized spacial score (nSPS) is 10.1. The van der Waals surface area contributed by atoms with Crippen LogP contribution in [0.1, 0.15) is 17.3 Å². The van der Waals surface area contributed by atoms with E-state index in [1.165, 1.54) is 19.1 Å². The molecule has 0 bridgehead atoms. The molecule has 0 unspecified atom stereocenters. The Bertz CT molecular complexity index is 784. The number of nitrogens with zero attached hydrogens (tertiary/aromatic N) is 1. The van der Waals surface area contributed by atoms with Crippen molar-refractivity contribution < 1.29 is 23.8 Å². The van der Waals surface area contributed by atoms with Gasteiger partial charge in [-0.1, -0.05) is 6.07 Å². The van der Waals surface area contributed by atoms with E-state index >= 15 is 0 Å². The van der Waals surface area contributed by atoms with Gasteiger partial charge in [-0.2, -0.15) is 0 Å². The second kappa shape index (κ2) is 9.47. The largest absolute Gasteiger partial charge is 0.497 e. The van der Waals surface area contributed by atoms with Gasteiger partial charge in [-0.05, 0) is 31.2 Å². The molecule has 0 aliphatic rings. The molecule has 0 heterocycles. The number of rotatable bonds is 8. The minimum atomic E-state index is -0.298. The summed E-state index contributed by atoms with van der Waals surface area (Å²) in [5, 5.41) is 2.77. The molecular formula is C20H24N2O5. The number of likely N-dealkylation sites (N-methyl/N-ethyl adjacent to an activating group) is 1. The Kier molecular flexibility index (Phi) is 7.05. The van der Waals surface area contributed by atoms with Crippen molar-refractivity contribution in [3.63, 3.8) is 0 Å². The number of anilines is 1. The van der Waals surface area contributed by atoms with Crippen molar-refractivity contribution in [2.45, 2.75) is 6.92 Å². The third-order valence-electron chi connectivity index (χ3n) is 3.96. The average molecular weight is 372 g/mol. The molecule has 27 heavy (non-hydrogen) atoms. The maximum atomic E-state index is 12.8. The van der Waals surface area contributed by atoms with Crippen LogP contribution in [0.3, 0.4) is 0 Å². The fourth-order valence-electron chi connectivity index (χ4n) is 2.52. The number of hydrogen-bond acceptors (Lipinski definition) is 5. The molecule has 0 aliphatic carbocycles. The van der Waals surface area contributed by atoms with E-state index in [-0.39, 0.29) is 18.4 Å². The lowest BCUT2D eigenvalue weighted by atomic mass is 10.1. The quantitative estimate of drug-likeness (QED) is 0.771. The maximum Gasteiger partial charge on any atom is 0.254 e. The van der Waals surface area contributed by atoms with E-state index in [0.29, 0.717) is 35.0 Å². The van der Waals surface area contributed by atoms with Crippen LogP contribution in [0.25, 0.3) is 0 Å². The molecule has 0 fully saturated rings. The predicted molar refractivity (Wildman–Crippen MR) is 103 cm³/mol. The number of nitrogens with one attached hydrogen (secondary N) is 1. The van der Waals surface area contributed by atoms with Crippen LogP contribution in [0.15, 0.2) is 42.5 Å². The molecule has 2 aromatic carbocycles. The maximum absolute atomic E-state index is 12.8. The Morgan fingerprint density at radius 2 is 1.56 bits per heavy atom. The predicted octanol–water partition coefficient (Wildman–Crippen LogP) is 2.81. The summed E-state index contributed by atoms with van der Waals surface area (Å²) >= 11 is 0. The molecule has 0 aromatic heterocycles. The molecule has 0 saturated heterocycles. The van der Waals surface area contributed by atoms with Gasteiger partial charge < -0.3 is 24.4 Å². The number of amides is 2. The minimum absolute atomic E-state index is 0.0773. The highest BCUT2D eigenvalue weighted by Gasteiger charge is 2.19. The van der Waals surface area contributed by atoms with Gasteiger partial charge in [-0.15, -0.1) is 0 Å². The highest BCUT2D eigenvalue weighted by Crippen LogP contribution is 2.23. The monoisotopic (exact) mass is 372 g/mol. The Morgan fingerprint density at radius 1 is 0.926 bits per heavy atom.